The summed E-state index contributed by atoms with van der Waals surface area (Å²) >= 11 is 1.43. The van der Waals surface area contributed by atoms with E-state index in [0.29, 0.717) is 0 Å². The summed E-state index contributed by atoms with van der Waals surface area (Å²) in [6.07, 6.45) is 0.854. The van der Waals surface area contributed by atoms with Crippen molar-refractivity contribution in [3.05, 3.63) is 5.82 Å². The van der Waals surface area contributed by atoms with Crippen LogP contribution in [-0.4, -0.2) is 57.6 Å². The summed E-state index contributed by atoms with van der Waals surface area (Å²) in [5, 5.41) is 9.93. The van der Waals surface area contributed by atoms with Crippen molar-refractivity contribution in [2.24, 2.45) is 0 Å². The molecule has 1 atom stereocenters. The molecule has 0 unspecified atom stereocenters. The third kappa shape index (κ3) is 2.78. The minimum atomic E-state index is -0.757. The van der Waals surface area contributed by atoms with E-state index >= 15 is 0 Å². The zero-order valence-electron chi connectivity index (χ0n) is 10.7. The van der Waals surface area contributed by atoms with Crippen LogP contribution in [0.3, 0.4) is 0 Å². The first-order chi connectivity index (χ1) is 8.61. The second kappa shape index (κ2) is 5.62. The zero-order chi connectivity index (χ0) is 13.1. The lowest BCUT2D eigenvalue weighted by Gasteiger charge is -2.36. The summed E-state index contributed by atoms with van der Waals surface area (Å²) in [5.74, 6) is 0.129. The van der Waals surface area contributed by atoms with Crippen molar-refractivity contribution in [3.8, 4) is 0 Å². The van der Waals surface area contributed by atoms with Gasteiger partial charge in [-0.2, -0.15) is 4.37 Å². The first kappa shape index (κ1) is 13.2. The van der Waals surface area contributed by atoms with Crippen molar-refractivity contribution < 1.29 is 9.90 Å². The quantitative estimate of drug-likeness (QED) is 0.868. The summed E-state index contributed by atoms with van der Waals surface area (Å²) in [6, 6.07) is -0.409. The van der Waals surface area contributed by atoms with Gasteiger partial charge in [-0.1, -0.05) is 6.92 Å². The summed E-state index contributed by atoms with van der Waals surface area (Å²) in [7, 11) is 0. The molecule has 6 nitrogen and oxygen atoms in total. The van der Waals surface area contributed by atoms with Crippen LogP contribution < -0.4 is 4.90 Å². The number of aliphatic carboxylic acids is 1. The fourth-order valence-electron chi connectivity index (χ4n) is 1.97. The molecule has 1 fully saturated rings. The molecular formula is C11H18N4O2S. The number of carboxylic acid groups (broad SMARTS) is 1. The Labute approximate surface area is 110 Å². The van der Waals surface area contributed by atoms with Crippen molar-refractivity contribution >= 4 is 22.6 Å². The lowest BCUT2D eigenvalue weighted by atomic mass is 10.2. The average Bonchev–Trinajstić information content (AvgIpc) is 2.86. The highest BCUT2D eigenvalue weighted by molar-refractivity contribution is 7.09. The number of hydrogen-bond acceptors (Lipinski definition) is 6. The van der Waals surface area contributed by atoms with Gasteiger partial charge in [-0.3, -0.25) is 9.69 Å². The van der Waals surface area contributed by atoms with Crippen molar-refractivity contribution in [2.45, 2.75) is 26.3 Å². The number of rotatable bonds is 4. The van der Waals surface area contributed by atoms with Gasteiger partial charge >= 0.3 is 5.97 Å². The van der Waals surface area contributed by atoms with Crippen LogP contribution in [0.1, 0.15) is 19.7 Å². The summed E-state index contributed by atoms with van der Waals surface area (Å²) < 4.78 is 4.27. The van der Waals surface area contributed by atoms with Crippen LogP contribution in [-0.2, 0) is 11.2 Å². The molecule has 2 heterocycles. The Kier molecular flexibility index (Phi) is 4.13. The van der Waals surface area contributed by atoms with Gasteiger partial charge in [-0.15, -0.1) is 0 Å². The van der Waals surface area contributed by atoms with Gasteiger partial charge in [0.05, 0.1) is 0 Å². The molecule has 2 rings (SSSR count). The Bertz CT molecular complexity index is 415. The van der Waals surface area contributed by atoms with Crippen molar-refractivity contribution in [1.82, 2.24) is 14.3 Å². The molecule has 7 heteroatoms. The van der Waals surface area contributed by atoms with Crippen molar-refractivity contribution in [3.63, 3.8) is 0 Å². The van der Waals surface area contributed by atoms with Gasteiger partial charge in [0.25, 0.3) is 0 Å². The molecule has 0 saturated carbocycles. The standard InChI is InChI=1S/C11H18N4O2S/c1-3-9-12-11(18-13-9)15-6-4-14(5-7-15)8(2)10(16)17/h8H,3-7H2,1-2H3,(H,16,17)/t8-/m1/s1. The van der Waals surface area contributed by atoms with Gasteiger partial charge in [0.1, 0.15) is 11.9 Å². The minimum Gasteiger partial charge on any atom is -0.480 e. The Morgan fingerprint density at radius 2 is 2.11 bits per heavy atom. The van der Waals surface area contributed by atoms with Gasteiger partial charge in [-0.05, 0) is 6.92 Å². The lowest BCUT2D eigenvalue weighted by molar-refractivity contribution is -0.142. The summed E-state index contributed by atoms with van der Waals surface area (Å²) in [6.45, 7) is 6.92. The SMILES string of the molecule is CCc1nsc(N2CCN([C@H](C)C(=O)O)CC2)n1. The number of nitrogens with zero attached hydrogens (tertiary/aromatic N) is 4. The van der Waals surface area contributed by atoms with Crippen LogP contribution in [0.25, 0.3) is 0 Å². The largest absolute Gasteiger partial charge is 0.480 e. The molecule has 0 spiro atoms. The van der Waals surface area contributed by atoms with Gasteiger partial charge in [-0.25, -0.2) is 4.98 Å². The Balaban J connectivity index is 1.92. The van der Waals surface area contributed by atoms with E-state index in [4.69, 9.17) is 5.11 Å². The molecule has 1 aromatic heterocycles. The third-order valence-electron chi connectivity index (χ3n) is 3.26. The van der Waals surface area contributed by atoms with Crippen LogP contribution in [0, 0.1) is 0 Å². The molecule has 0 amide bonds. The van der Waals surface area contributed by atoms with Crippen molar-refractivity contribution in [1.29, 1.82) is 0 Å². The number of aromatic nitrogens is 2. The highest BCUT2D eigenvalue weighted by Crippen LogP contribution is 2.19. The van der Waals surface area contributed by atoms with Crippen LogP contribution in [0.4, 0.5) is 5.13 Å². The maximum Gasteiger partial charge on any atom is 0.320 e. The molecule has 0 aromatic carbocycles. The van der Waals surface area contributed by atoms with E-state index in [1.54, 1.807) is 6.92 Å². The first-order valence-corrected chi connectivity index (χ1v) is 6.93. The number of carbonyl (C=O) groups is 1. The van der Waals surface area contributed by atoms with Gasteiger partial charge in [0.2, 0.25) is 5.13 Å². The van der Waals surface area contributed by atoms with E-state index in [2.05, 4.69) is 14.3 Å². The minimum absolute atomic E-state index is 0.409. The normalized spacial score (nSPS) is 18.9. The maximum atomic E-state index is 10.9. The first-order valence-electron chi connectivity index (χ1n) is 6.16. The number of piperazine rings is 1. The molecule has 1 aromatic rings. The number of anilines is 1. The second-order valence-electron chi connectivity index (χ2n) is 4.38. The third-order valence-corrected chi connectivity index (χ3v) is 4.08. The molecule has 0 radical (unpaired) electrons. The second-order valence-corrected chi connectivity index (χ2v) is 5.11. The predicted octanol–water partition coefficient (Wildman–Crippen LogP) is 0.696. The highest BCUT2D eigenvalue weighted by atomic mass is 32.1. The monoisotopic (exact) mass is 270 g/mol. The van der Waals surface area contributed by atoms with E-state index < -0.39 is 12.0 Å². The van der Waals surface area contributed by atoms with E-state index in [-0.39, 0.29) is 0 Å². The lowest BCUT2D eigenvalue weighted by Crippen LogP contribution is -2.51. The summed E-state index contributed by atoms with van der Waals surface area (Å²) in [4.78, 5) is 19.5. The molecule has 0 bridgehead atoms. The number of hydrogen-bond donors (Lipinski definition) is 1. The fraction of sp³-hybridized carbons (Fsp3) is 0.727. The average molecular weight is 270 g/mol. The van der Waals surface area contributed by atoms with Crippen LogP contribution in [0.5, 0.6) is 0 Å². The molecule has 1 N–H and O–H groups in total. The molecule has 1 saturated heterocycles. The Morgan fingerprint density at radius 3 is 2.61 bits per heavy atom. The Hall–Kier alpha value is -1.21. The number of carboxylic acids is 1. The van der Waals surface area contributed by atoms with Gasteiger partial charge < -0.3 is 10.0 Å². The van der Waals surface area contributed by atoms with E-state index in [0.717, 1.165) is 43.6 Å². The van der Waals surface area contributed by atoms with Crippen molar-refractivity contribution in [2.75, 3.05) is 31.1 Å². The zero-order valence-corrected chi connectivity index (χ0v) is 11.5. The Morgan fingerprint density at radius 1 is 1.44 bits per heavy atom. The van der Waals surface area contributed by atoms with Crippen LogP contribution in [0.15, 0.2) is 0 Å². The molecule has 1 aliphatic rings. The van der Waals surface area contributed by atoms with Gasteiger partial charge in [0.15, 0.2) is 0 Å². The molecular weight excluding hydrogens is 252 g/mol. The molecule has 100 valence electrons. The molecule has 1 aliphatic heterocycles. The smallest absolute Gasteiger partial charge is 0.320 e. The predicted molar refractivity (Wildman–Crippen MR) is 70.2 cm³/mol. The fourth-order valence-corrected chi connectivity index (χ4v) is 2.77. The van der Waals surface area contributed by atoms with Crippen LogP contribution in [0.2, 0.25) is 0 Å². The topological polar surface area (TPSA) is 69.6 Å². The molecule has 18 heavy (non-hydrogen) atoms. The highest BCUT2D eigenvalue weighted by Gasteiger charge is 2.26. The van der Waals surface area contributed by atoms with E-state index in [1.807, 2.05) is 11.8 Å². The number of aryl methyl sites for hydroxylation is 1. The summed E-state index contributed by atoms with van der Waals surface area (Å²) in [5.41, 5.74) is 0. The van der Waals surface area contributed by atoms with E-state index in [9.17, 15) is 4.79 Å². The maximum absolute atomic E-state index is 10.9. The van der Waals surface area contributed by atoms with E-state index in [1.165, 1.54) is 11.5 Å². The van der Waals surface area contributed by atoms with Crippen LogP contribution >= 0.6 is 11.5 Å². The molecule has 0 aliphatic carbocycles. The van der Waals surface area contributed by atoms with Gasteiger partial charge in [0, 0.05) is 44.1 Å².